The fourth-order valence-corrected chi connectivity index (χ4v) is 4.86. The molecule has 0 saturated carbocycles. The highest BCUT2D eigenvalue weighted by molar-refractivity contribution is 7.99. The van der Waals surface area contributed by atoms with Gasteiger partial charge in [-0.3, -0.25) is 9.59 Å². The van der Waals surface area contributed by atoms with E-state index in [1.165, 1.54) is 11.8 Å². The second-order valence-corrected chi connectivity index (χ2v) is 10.4. The first-order valence-corrected chi connectivity index (χ1v) is 13.4. The van der Waals surface area contributed by atoms with Gasteiger partial charge < -0.3 is 10.2 Å². The van der Waals surface area contributed by atoms with Gasteiger partial charge in [0.2, 0.25) is 11.8 Å². The Morgan fingerprint density at radius 3 is 2.20 bits per heavy atom. The van der Waals surface area contributed by atoms with Crippen LogP contribution < -0.4 is 5.32 Å². The van der Waals surface area contributed by atoms with Crippen molar-refractivity contribution >= 4 is 46.8 Å². The number of nitrogens with zero attached hydrogens (tertiary/aromatic N) is 1. The number of hydrogen-bond donors (Lipinski definition) is 1. The molecule has 0 fully saturated rings. The average Bonchev–Trinajstić information content (AvgIpc) is 2.83. The molecule has 0 saturated heterocycles. The Morgan fingerprint density at radius 2 is 1.54 bits per heavy atom. The molecule has 0 aliphatic carbocycles. The van der Waals surface area contributed by atoms with Crippen molar-refractivity contribution in [3.8, 4) is 0 Å². The maximum absolute atomic E-state index is 13.6. The van der Waals surface area contributed by atoms with E-state index in [2.05, 4.69) is 5.32 Å². The van der Waals surface area contributed by atoms with Gasteiger partial charge in [0.1, 0.15) is 6.04 Å². The average molecular weight is 530 g/mol. The number of benzene rings is 3. The summed E-state index contributed by atoms with van der Waals surface area (Å²) in [5.74, 6) is 0.633. The minimum atomic E-state index is -0.667. The van der Waals surface area contributed by atoms with Gasteiger partial charge in [0.15, 0.2) is 0 Å². The predicted octanol–water partition coefficient (Wildman–Crippen LogP) is 6.39. The number of halogens is 2. The van der Waals surface area contributed by atoms with E-state index in [0.29, 0.717) is 22.2 Å². The highest BCUT2D eigenvalue weighted by Gasteiger charge is 2.31. The van der Waals surface area contributed by atoms with E-state index >= 15 is 0 Å². The van der Waals surface area contributed by atoms with Crippen LogP contribution in [0.4, 0.5) is 0 Å². The number of rotatable bonds is 11. The summed E-state index contributed by atoms with van der Waals surface area (Å²) in [6.07, 6.45) is 0.414. The standard InChI is InChI=1S/C28H30Cl2N2O2S/c1-20(2)31-28(34)26(16-21-8-4-3-5-9-21)32(17-23-10-6-7-11-25(23)30)27(33)19-35-18-22-12-14-24(29)15-13-22/h3-15,20,26H,16-19H2,1-2H3,(H,31,34). The summed E-state index contributed by atoms with van der Waals surface area (Å²) in [6, 6.07) is 24.1. The topological polar surface area (TPSA) is 49.4 Å². The molecular weight excluding hydrogens is 499 g/mol. The molecule has 0 radical (unpaired) electrons. The zero-order valence-corrected chi connectivity index (χ0v) is 22.2. The SMILES string of the molecule is CC(C)NC(=O)C(Cc1ccccc1)N(Cc1ccccc1Cl)C(=O)CSCc1ccc(Cl)cc1. The first-order chi connectivity index (χ1) is 16.8. The lowest BCUT2D eigenvalue weighted by molar-refractivity contribution is -0.139. The smallest absolute Gasteiger partial charge is 0.243 e. The van der Waals surface area contributed by atoms with E-state index in [1.54, 1.807) is 11.0 Å². The van der Waals surface area contributed by atoms with Crippen molar-refractivity contribution in [1.82, 2.24) is 10.2 Å². The van der Waals surface area contributed by atoms with Crippen molar-refractivity contribution in [2.75, 3.05) is 5.75 Å². The van der Waals surface area contributed by atoms with Crippen LogP contribution in [0.5, 0.6) is 0 Å². The van der Waals surface area contributed by atoms with Crippen LogP contribution in [0.1, 0.15) is 30.5 Å². The van der Waals surface area contributed by atoms with Crippen molar-refractivity contribution in [3.05, 3.63) is 106 Å². The van der Waals surface area contributed by atoms with Crippen LogP contribution >= 0.6 is 35.0 Å². The fourth-order valence-electron chi connectivity index (χ4n) is 3.66. The molecule has 2 amide bonds. The first kappa shape index (κ1) is 27.1. The Balaban J connectivity index is 1.85. The number of hydrogen-bond acceptors (Lipinski definition) is 3. The van der Waals surface area contributed by atoms with Gasteiger partial charge in [0, 0.05) is 34.8 Å². The van der Waals surface area contributed by atoms with Crippen LogP contribution in [0.25, 0.3) is 0 Å². The Morgan fingerprint density at radius 1 is 0.886 bits per heavy atom. The monoisotopic (exact) mass is 528 g/mol. The van der Waals surface area contributed by atoms with Gasteiger partial charge in [0.25, 0.3) is 0 Å². The third-order valence-corrected chi connectivity index (χ3v) is 7.02. The van der Waals surface area contributed by atoms with Crippen molar-refractivity contribution in [3.63, 3.8) is 0 Å². The summed E-state index contributed by atoms with van der Waals surface area (Å²) in [7, 11) is 0. The Kier molecular flexibility index (Phi) is 10.5. The maximum atomic E-state index is 13.6. The normalized spacial score (nSPS) is 11.8. The van der Waals surface area contributed by atoms with Gasteiger partial charge in [0.05, 0.1) is 5.75 Å². The predicted molar refractivity (Wildman–Crippen MR) is 147 cm³/mol. The summed E-state index contributed by atoms with van der Waals surface area (Å²) in [5.41, 5.74) is 2.88. The fraction of sp³-hybridized carbons (Fsp3) is 0.286. The molecule has 0 aliphatic heterocycles. The van der Waals surface area contributed by atoms with Crippen LogP contribution in [-0.4, -0.2) is 34.6 Å². The molecule has 35 heavy (non-hydrogen) atoms. The molecule has 3 rings (SSSR count). The summed E-state index contributed by atoms with van der Waals surface area (Å²) in [6.45, 7) is 4.09. The minimum absolute atomic E-state index is 0.0441. The van der Waals surface area contributed by atoms with Gasteiger partial charge in [-0.1, -0.05) is 83.9 Å². The first-order valence-electron chi connectivity index (χ1n) is 11.5. The molecule has 0 aromatic heterocycles. The second-order valence-electron chi connectivity index (χ2n) is 8.60. The highest BCUT2D eigenvalue weighted by atomic mass is 35.5. The summed E-state index contributed by atoms with van der Waals surface area (Å²) >= 11 is 13.9. The lowest BCUT2D eigenvalue weighted by atomic mass is 10.0. The molecule has 4 nitrogen and oxygen atoms in total. The van der Waals surface area contributed by atoms with Crippen molar-refractivity contribution < 1.29 is 9.59 Å². The number of carbonyl (C=O) groups is 2. The molecule has 184 valence electrons. The van der Waals surface area contributed by atoms with E-state index in [4.69, 9.17) is 23.2 Å². The second kappa shape index (κ2) is 13.6. The van der Waals surface area contributed by atoms with Crippen LogP contribution in [0, 0.1) is 0 Å². The van der Waals surface area contributed by atoms with E-state index in [0.717, 1.165) is 16.7 Å². The minimum Gasteiger partial charge on any atom is -0.352 e. The summed E-state index contributed by atoms with van der Waals surface area (Å²) < 4.78 is 0. The van der Waals surface area contributed by atoms with Gasteiger partial charge in [-0.05, 0) is 48.7 Å². The molecule has 1 unspecified atom stereocenters. The number of carbonyl (C=O) groups excluding carboxylic acids is 2. The van der Waals surface area contributed by atoms with Crippen LogP contribution in [0.3, 0.4) is 0 Å². The number of amides is 2. The van der Waals surface area contributed by atoms with Gasteiger partial charge in [-0.2, -0.15) is 0 Å². The van der Waals surface area contributed by atoms with Gasteiger partial charge >= 0.3 is 0 Å². The lowest BCUT2D eigenvalue weighted by Gasteiger charge is -2.32. The van der Waals surface area contributed by atoms with Crippen LogP contribution in [-0.2, 0) is 28.3 Å². The molecule has 0 spiro atoms. The van der Waals surface area contributed by atoms with Crippen LogP contribution in [0.15, 0.2) is 78.9 Å². The van der Waals surface area contributed by atoms with Gasteiger partial charge in [-0.15, -0.1) is 11.8 Å². The van der Waals surface area contributed by atoms with Crippen molar-refractivity contribution in [1.29, 1.82) is 0 Å². The van der Waals surface area contributed by atoms with E-state index in [-0.39, 0.29) is 30.2 Å². The molecule has 1 atom stereocenters. The zero-order valence-electron chi connectivity index (χ0n) is 19.9. The quantitative estimate of drug-likeness (QED) is 0.313. The lowest BCUT2D eigenvalue weighted by Crippen LogP contribution is -2.52. The Bertz CT molecular complexity index is 1110. The van der Waals surface area contributed by atoms with E-state index in [1.807, 2.05) is 86.6 Å². The third-order valence-electron chi connectivity index (χ3n) is 5.41. The van der Waals surface area contributed by atoms with E-state index in [9.17, 15) is 9.59 Å². The number of thioether (sulfide) groups is 1. The number of nitrogens with one attached hydrogen (secondary N) is 1. The molecule has 0 aliphatic rings. The molecule has 0 bridgehead atoms. The van der Waals surface area contributed by atoms with E-state index < -0.39 is 6.04 Å². The van der Waals surface area contributed by atoms with Crippen LogP contribution in [0.2, 0.25) is 10.0 Å². The molecule has 7 heteroatoms. The molecule has 3 aromatic carbocycles. The third kappa shape index (κ3) is 8.60. The molecule has 3 aromatic rings. The van der Waals surface area contributed by atoms with Crippen molar-refractivity contribution in [2.45, 2.75) is 44.6 Å². The summed E-state index contributed by atoms with van der Waals surface area (Å²) in [4.78, 5) is 28.6. The molecule has 1 N–H and O–H groups in total. The van der Waals surface area contributed by atoms with Crippen molar-refractivity contribution in [2.24, 2.45) is 0 Å². The summed E-state index contributed by atoms with van der Waals surface area (Å²) in [5, 5.41) is 4.25. The zero-order chi connectivity index (χ0) is 25.2. The maximum Gasteiger partial charge on any atom is 0.243 e. The highest BCUT2D eigenvalue weighted by Crippen LogP contribution is 2.22. The molecule has 0 heterocycles. The Labute approximate surface area is 222 Å². The Hall–Kier alpha value is -2.47. The largest absolute Gasteiger partial charge is 0.352 e. The molecular formula is C28H30Cl2N2O2S. The van der Waals surface area contributed by atoms with Gasteiger partial charge in [-0.25, -0.2) is 0 Å².